The number of anilines is 1. The van der Waals surface area contributed by atoms with E-state index in [4.69, 9.17) is 16.3 Å². The third-order valence-electron chi connectivity index (χ3n) is 2.82. The Balaban J connectivity index is 1.83. The number of rotatable bonds is 5. The molecule has 0 bridgehead atoms. The number of hydrogen-bond acceptors (Lipinski definition) is 3. The van der Waals surface area contributed by atoms with Gasteiger partial charge in [-0.25, -0.2) is 0 Å². The van der Waals surface area contributed by atoms with E-state index in [1.165, 1.54) is 0 Å². The molecule has 6 heteroatoms. The monoisotopic (exact) mass is 293 g/mol. The van der Waals surface area contributed by atoms with Crippen LogP contribution in [0.15, 0.2) is 24.3 Å². The van der Waals surface area contributed by atoms with Crippen LogP contribution in [0.1, 0.15) is 17.8 Å². The number of aromatic nitrogens is 2. The summed E-state index contributed by atoms with van der Waals surface area (Å²) in [6, 6.07) is 7.17. The van der Waals surface area contributed by atoms with E-state index < -0.39 is 0 Å². The minimum absolute atomic E-state index is 0.121. The molecule has 0 aliphatic rings. The molecule has 1 amide bonds. The maximum absolute atomic E-state index is 11.8. The van der Waals surface area contributed by atoms with Gasteiger partial charge in [-0.15, -0.1) is 0 Å². The molecule has 2 N–H and O–H groups in total. The van der Waals surface area contributed by atoms with E-state index in [-0.39, 0.29) is 18.9 Å². The Kier molecular flexibility index (Phi) is 4.63. The fourth-order valence-corrected chi connectivity index (χ4v) is 1.94. The number of hydrogen-bond donors (Lipinski definition) is 2. The first kappa shape index (κ1) is 14.4. The number of H-pyrrole nitrogens is 1. The van der Waals surface area contributed by atoms with Crippen molar-refractivity contribution in [2.24, 2.45) is 0 Å². The van der Waals surface area contributed by atoms with Gasteiger partial charge in [0.15, 0.2) is 0 Å². The molecule has 2 aromatic rings. The Morgan fingerprint density at radius 2 is 2.15 bits per heavy atom. The first-order valence-electron chi connectivity index (χ1n) is 6.26. The second-order valence-corrected chi connectivity index (χ2v) is 4.79. The van der Waals surface area contributed by atoms with E-state index in [1.54, 1.807) is 12.1 Å². The molecule has 1 aromatic heterocycles. The number of aromatic amines is 1. The maximum Gasteiger partial charge on any atom is 0.227 e. The molecule has 0 aliphatic carbocycles. The van der Waals surface area contributed by atoms with Crippen molar-refractivity contribution in [1.82, 2.24) is 10.2 Å². The Hall–Kier alpha value is -2.01. The molecule has 0 saturated heterocycles. The van der Waals surface area contributed by atoms with E-state index >= 15 is 0 Å². The van der Waals surface area contributed by atoms with Gasteiger partial charge >= 0.3 is 0 Å². The zero-order chi connectivity index (χ0) is 14.5. The average molecular weight is 294 g/mol. The summed E-state index contributed by atoms with van der Waals surface area (Å²) in [6.45, 7) is 3.96. The van der Waals surface area contributed by atoms with Crippen LogP contribution in [0.5, 0.6) is 5.75 Å². The summed E-state index contributed by atoms with van der Waals surface area (Å²) in [5.74, 6) is 0.460. The Morgan fingerprint density at radius 1 is 1.40 bits per heavy atom. The first-order valence-corrected chi connectivity index (χ1v) is 6.64. The van der Waals surface area contributed by atoms with Crippen molar-refractivity contribution in [2.75, 3.05) is 11.9 Å². The predicted molar refractivity (Wildman–Crippen MR) is 78.3 cm³/mol. The highest BCUT2D eigenvalue weighted by molar-refractivity contribution is 6.32. The zero-order valence-electron chi connectivity index (χ0n) is 11.4. The molecule has 0 atom stereocenters. The van der Waals surface area contributed by atoms with Gasteiger partial charge in [0.2, 0.25) is 5.91 Å². The van der Waals surface area contributed by atoms with Crippen LogP contribution in [0.25, 0.3) is 0 Å². The topological polar surface area (TPSA) is 67.0 Å². The molecule has 0 saturated carbocycles. The van der Waals surface area contributed by atoms with E-state index in [0.717, 1.165) is 17.1 Å². The molecule has 0 fully saturated rings. The maximum atomic E-state index is 11.8. The van der Waals surface area contributed by atoms with Gasteiger partial charge in [-0.3, -0.25) is 9.89 Å². The largest absolute Gasteiger partial charge is 0.491 e. The molecule has 0 spiro atoms. The predicted octanol–water partition coefficient (Wildman–Crippen LogP) is 3.09. The third-order valence-corrected chi connectivity index (χ3v) is 3.13. The standard InChI is InChI=1S/C14H16ClN3O2/c1-9-14(10(2)18-17-9)16-13(19)7-8-20-12-6-4-3-5-11(12)15/h3-6H,7-8H2,1-2H3,(H,16,19)(H,17,18). The summed E-state index contributed by atoms with van der Waals surface area (Å²) in [5.41, 5.74) is 2.33. The molecule has 106 valence electrons. The van der Waals surface area contributed by atoms with Gasteiger partial charge < -0.3 is 10.1 Å². The average Bonchev–Trinajstić information content (AvgIpc) is 2.73. The lowest BCUT2D eigenvalue weighted by Gasteiger charge is -2.08. The smallest absolute Gasteiger partial charge is 0.227 e. The number of carbonyl (C=O) groups is 1. The van der Waals surface area contributed by atoms with Gasteiger partial charge in [0, 0.05) is 0 Å². The van der Waals surface area contributed by atoms with Crippen LogP contribution in [0.4, 0.5) is 5.69 Å². The molecule has 0 aliphatic heterocycles. The van der Waals surface area contributed by atoms with Crippen LogP contribution in [0.3, 0.4) is 0 Å². The summed E-state index contributed by atoms with van der Waals surface area (Å²) in [7, 11) is 0. The number of carbonyl (C=O) groups excluding carboxylic acids is 1. The molecular weight excluding hydrogens is 278 g/mol. The molecule has 0 unspecified atom stereocenters. The van der Waals surface area contributed by atoms with Gasteiger partial charge in [0.1, 0.15) is 5.75 Å². The van der Waals surface area contributed by atoms with Crippen molar-refractivity contribution >= 4 is 23.2 Å². The second kappa shape index (κ2) is 6.43. The van der Waals surface area contributed by atoms with Crippen LogP contribution < -0.4 is 10.1 Å². The highest BCUT2D eigenvalue weighted by atomic mass is 35.5. The van der Waals surface area contributed by atoms with Crippen LogP contribution in [-0.2, 0) is 4.79 Å². The number of ether oxygens (including phenoxy) is 1. The lowest BCUT2D eigenvalue weighted by Crippen LogP contribution is -2.16. The van der Waals surface area contributed by atoms with Crippen LogP contribution in [0.2, 0.25) is 5.02 Å². The van der Waals surface area contributed by atoms with Crippen LogP contribution >= 0.6 is 11.6 Å². The van der Waals surface area contributed by atoms with Crippen molar-refractivity contribution in [2.45, 2.75) is 20.3 Å². The number of nitrogens with zero attached hydrogens (tertiary/aromatic N) is 1. The molecular formula is C14H16ClN3O2. The third kappa shape index (κ3) is 3.51. The number of benzene rings is 1. The van der Waals surface area contributed by atoms with Crippen LogP contribution in [0, 0.1) is 13.8 Å². The van der Waals surface area contributed by atoms with Gasteiger partial charge in [0.25, 0.3) is 0 Å². The SMILES string of the molecule is Cc1n[nH]c(C)c1NC(=O)CCOc1ccccc1Cl. The first-order chi connectivity index (χ1) is 9.58. The lowest BCUT2D eigenvalue weighted by atomic mass is 10.3. The highest BCUT2D eigenvalue weighted by Gasteiger charge is 2.10. The van der Waals surface area contributed by atoms with Gasteiger partial charge in [0.05, 0.1) is 35.1 Å². The Labute approximate surface area is 122 Å². The van der Waals surface area contributed by atoms with Crippen molar-refractivity contribution in [3.63, 3.8) is 0 Å². The number of aryl methyl sites for hydroxylation is 2. The summed E-state index contributed by atoms with van der Waals surface area (Å²) in [6.07, 6.45) is 0.245. The number of nitrogens with one attached hydrogen (secondary N) is 2. The van der Waals surface area contributed by atoms with Crippen molar-refractivity contribution < 1.29 is 9.53 Å². The number of amides is 1. The Bertz CT molecular complexity index is 591. The van der Waals surface area contributed by atoms with Gasteiger partial charge in [-0.05, 0) is 26.0 Å². The van der Waals surface area contributed by atoms with E-state index in [0.29, 0.717) is 10.8 Å². The quantitative estimate of drug-likeness (QED) is 0.890. The molecule has 20 heavy (non-hydrogen) atoms. The number of para-hydroxylation sites is 1. The molecule has 0 radical (unpaired) electrons. The van der Waals surface area contributed by atoms with E-state index in [2.05, 4.69) is 15.5 Å². The highest BCUT2D eigenvalue weighted by Crippen LogP contribution is 2.23. The normalized spacial score (nSPS) is 10.3. The van der Waals surface area contributed by atoms with E-state index in [1.807, 2.05) is 26.0 Å². The van der Waals surface area contributed by atoms with Crippen molar-refractivity contribution in [3.8, 4) is 5.75 Å². The molecule has 5 nitrogen and oxygen atoms in total. The fourth-order valence-electron chi connectivity index (χ4n) is 1.75. The van der Waals surface area contributed by atoms with E-state index in [9.17, 15) is 4.79 Å². The van der Waals surface area contributed by atoms with Crippen molar-refractivity contribution in [3.05, 3.63) is 40.7 Å². The molecule has 1 aromatic carbocycles. The Morgan fingerprint density at radius 3 is 2.80 bits per heavy atom. The number of halogens is 1. The summed E-state index contributed by atoms with van der Waals surface area (Å²) in [4.78, 5) is 11.8. The lowest BCUT2D eigenvalue weighted by molar-refractivity contribution is -0.116. The van der Waals surface area contributed by atoms with Crippen molar-refractivity contribution in [1.29, 1.82) is 0 Å². The summed E-state index contributed by atoms with van der Waals surface area (Å²) >= 11 is 5.96. The van der Waals surface area contributed by atoms with Gasteiger partial charge in [-0.1, -0.05) is 23.7 Å². The minimum atomic E-state index is -0.121. The molecule has 2 rings (SSSR count). The van der Waals surface area contributed by atoms with Gasteiger partial charge in [-0.2, -0.15) is 5.10 Å². The summed E-state index contributed by atoms with van der Waals surface area (Å²) in [5, 5.41) is 10.2. The van der Waals surface area contributed by atoms with Crippen LogP contribution in [-0.4, -0.2) is 22.7 Å². The fraction of sp³-hybridized carbons (Fsp3) is 0.286. The summed E-state index contributed by atoms with van der Waals surface area (Å²) < 4.78 is 5.47. The minimum Gasteiger partial charge on any atom is -0.491 e. The second-order valence-electron chi connectivity index (χ2n) is 4.39. The zero-order valence-corrected chi connectivity index (χ0v) is 12.1. The molecule has 1 heterocycles.